The first-order valence-corrected chi connectivity index (χ1v) is 16.0. The number of aliphatic hydroxyl groups excluding tert-OH is 1. The van der Waals surface area contributed by atoms with Gasteiger partial charge in [0.2, 0.25) is 11.8 Å². The van der Waals surface area contributed by atoms with Crippen molar-refractivity contribution in [2.24, 2.45) is 11.8 Å². The summed E-state index contributed by atoms with van der Waals surface area (Å²) < 4.78 is 5.86. The number of piperidine rings is 1. The smallest absolute Gasteiger partial charge is 0.335 e. The number of hydrogen-bond acceptors (Lipinski definition) is 6. The van der Waals surface area contributed by atoms with Crippen molar-refractivity contribution in [3.8, 4) is 11.5 Å². The lowest BCUT2D eigenvalue weighted by Gasteiger charge is -2.46. The van der Waals surface area contributed by atoms with Gasteiger partial charge in [0.25, 0.3) is 0 Å². The first-order chi connectivity index (χ1) is 20.8. The molecule has 1 unspecified atom stereocenters. The summed E-state index contributed by atoms with van der Waals surface area (Å²) in [6.45, 7) is 5.11. The standard InChI is InChI=1S/C34H45N3O6.ClH/c1-2-3-19-37-30(32(39)35-29(33(37)40)31(38)25-7-5-4-6-8-25)24-17-20-36(21-18-24)22-23-9-13-27(14-10-23)43-28-15-11-26(12-16-28)34(41)42;/h9-16,24-25,29-31,38H,2-8,17-22H2,1H3,(H,35,39)(H,41,42);1H/t29-,30?,31-;/m1./s1. The Balaban J connectivity index is 0.00000442. The third-order valence-electron chi connectivity index (χ3n) is 9.42. The third kappa shape index (κ3) is 8.11. The van der Waals surface area contributed by atoms with Crippen LogP contribution in [-0.2, 0) is 16.1 Å². The zero-order chi connectivity index (χ0) is 30.3. The van der Waals surface area contributed by atoms with Crippen molar-refractivity contribution in [2.75, 3.05) is 19.6 Å². The third-order valence-corrected chi connectivity index (χ3v) is 9.42. The van der Waals surface area contributed by atoms with Crippen LogP contribution in [0.5, 0.6) is 11.5 Å². The topological polar surface area (TPSA) is 119 Å². The number of benzene rings is 2. The summed E-state index contributed by atoms with van der Waals surface area (Å²) in [7, 11) is 0. The number of carboxylic acids is 1. The van der Waals surface area contributed by atoms with E-state index < -0.39 is 24.2 Å². The largest absolute Gasteiger partial charge is 0.478 e. The van der Waals surface area contributed by atoms with Crippen molar-refractivity contribution in [1.29, 1.82) is 0 Å². The first-order valence-electron chi connectivity index (χ1n) is 16.0. The summed E-state index contributed by atoms with van der Waals surface area (Å²) in [5.41, 5.74) is 1.37. The normalized spacial score (nSPS) is 22.6. The Morgan fingerprint density at radius 2 is 1.57 bits per heavy atom. The lowest BCUT2D eigenvalue weighted by molar-refractivity contribution is -0.157. The Morgan fingerprint density at radius 3 is 2.16 bits per heavy atom. The van der Waals surface area contributed by atoms with Crippen LogP contribution in [0, 0.1) is 11.8 Å². The molecule has 9 nitrogen and oxygen atoms in total. The number of nitrogens with one attached hydrogen (secondary N) is 1. The molecule has 3 atom stereocenters. The van der Waals surface area contributed by atoms with Crippen LogP contribution in [0.25, 0.3) is 0 Å². The summed E-state index contributed by atoms with van der Waals surface area (Å²) in [5, 5.41) is 23.1. The van der Waals surface area contributed by atoms with E-state index in [1.54, 1.807) is 17.0 Å². The van der Waals surface area contributed by atoms with E-state index >= 15 is 0 Å². The van der Waals surface area contributed by atoms with Crippen molar-refractivity contribution in [2.45, 2.75) is 89.4 Å². The van der Waals surface area contributed by atoms with E-state index in [0.29, 0.717) is 18.0 Å². The fraction of sp³-hybridized carbons (Fsp3) is 0.559. The number of unbranched alkanes of at least 4 members (excludes halogenated alkanes) is 1. The van der Waals surface area contributed by atoms with Gasteiger partial charge < -0.3 is 25.2 Å². The second kappa shape index (κ2) is 15.7. The average molecular weight is 628 g/mol. The Morgan fingerprint density at radius 1 is 0.955 bits per heavy atom. The van der Waals surface area contributed by atoms with Gasteiger partial charge in [0, 0.05) is 13.1 Å². The highest BCUT2D eigenvalue weighted by Gasteiger charge is 2.48. The van der Waals surface area contributed by atoms with Crippen molar-refractivity contribution in [1.82, 2.24) is 15.1 Å². The van der Waals surface area contributed by atoms with Gasteiger partial charge in [-0.05, 0) is 99.0 Å². The minimum Gasteiger partial charge on any atom is -0.478 e. The van der Waals surface area contributed by atoms with Gasteiger partial charge in [0.1, 0.15) is 23.6 Å². The number of piperazine rings is 1. The fourth-order valence-corrected chi connectivity index (χ4v) is 6.93. The predicted molar refractivity (Wildman–Crippen MR) is 170 cm³/mol. The van der Waals surface area contributed by atoms with E-state index in [-0.39, 0.29) is 41.6 Å². The van der Waals surface area contributed by atoms with Crippen molar-refractivity contribution >= 4 is 30.2 Å². The van der Waals surface area contributed by atoms with Crippen LogP contribution < -0.4 is 10.1 Å². The number of aromatic carboxylic acids is 1. The zero-order valence-electron chi connectivity index (χ0n) is 25.5. The molecule has 3 fully saturated rings. The molecule has 5 rings (SSSR count). The van der Waals surface area contributed by atoms with Gasteiger partial charge in [-0.3, -0.25) is 14.5 Å². The molecule has 2 saturated heterocycles. The maximum Gasteiger partial charge on any atom is 0.335 e. The van der Waals surface area contributed by atoms with Crippen molar-refractivity contribution in [3.63, 3.8) is 0 Å². The van der Waals surface area contributed by atoms with Gasteiger partial charge in [-0.25, -0.2) is 4.79 Å². The van der Waals surface area contributed by atoms with Gasteiger partial charge >= 0.3 is 5.97 Å². The fourth-order valence-electron chi connectivity index (χ4n) is 6.93. The second-order valence-electron chi connectivity index (χ2n) is 12.4. The second-order valence-corrected chi connectivity index (χ2v) is 12.4. The van der Waals surface area contributed by atoms with Crippen LogP contribution in [0.4, 0.5) is 0 Å². The van der Waals surface area contributed by atoms with E-state index in [9.17, 15) is 19.5 Å². The number of halogens is 1. The Kier molecular flexibility index (Phi) is 12.1. The van der Waals surface area contributed by atoms with E-state index in [0.717, 1.165) is 76.6 Å². The Hall–Kier alpha value is -3.14. The molecule has 240 valence electrons. The molecular formula is C34H46ClN3O6. The monoisotopic (exact) mass is 627 g/mol. The Bertz CT molecular complexity index is 1240. The number of carbonyl (C=O) groups is 3. The molecule has 2 amide bonds. The molecule has 0 aromatic heterocycles. The lowest BCUT2D eigenvalue weighted by atomic mass is 9.80. The summed E-state index contributed by atoms with van der Waals surface area (Å²) in [4.78, 5) is 42.5. The molecule has 2 aromatic rings. The van der Waals surface area contributed by atoms with Gasteiger partial charge in [0.05, 0.1) is 11.7 Å². The van der Waals surface area contributed by atoms with Crippen LogP contribution in [0.15, 0.2) is 48.5 Å². The van der Waals surface area contributed by atoms with Crippen LogP contribution in [0.3, 0.4) is 0 Å². The molecule has 0 bridgehead atoms. The van der Waals surface area contributed by atoms with Crippen LogP contribution in [-0.4, -0.2) is 75.6 Å². The number of likely N-dealkylation sites (tertiary alicyclic amines) is 1. The first kappa shape index (κ1) is 33.7. The number of nitrogens with zero attached hydrogens (tertiary/aromatic N) is 2. The van der Waals surface area contributed by atoms with Gasteiger partial charge in [-0.15, -0.1) is 12.4 Å². The highest BCUT2D eigenvalue weighted by Crippen LogP contribution is 2.33. The maximum atomic E-state index is 13.7. The summed E-state index contributed by atoms with van der Waals surface area (Å²) in [5.74, 6) is 0.226. The number of carbonyl (C=O) groups excluding carboxylic acids is 2. The number of ether oxygens (including phenoxy) is 1. The molecular weight excluding hydrogens is 582 g/mol. The summed E-state index contributed by atoms with van der Waals surface area (Å²) in [6.07, 6.45) is 7.75. The maximum absolute atomic E-state index is 13.7. The van der Waals surface area contributed by atoms with Crippen LogP contribution >= 0.6 is 12.4 Å². The number of amides is 2. The Labute approximate surface area is 266 Å². The molecule has 3 N–H and O–H groups in total. The highest BCUT2D eigenvalue weighted by atomic mass is 35.5. The average Bonchev–Trinajstić information content (AvgIpc) is 3.03. The molecule has 2 aliphatic heterocycles. The minimum absolute atomic E-state index is 0. The lowest BCUT2D eigenvalue weighted by Crippen LogP contribution is -2.69. The molecule has 0 radical (unpaired) electrons. The quantitative estimate of drug-likeness (QED) is 0.311. The minimum atomic E-state index is -0.970. The van der Waals surface area contributed by atoms with E-state index in [1.165, 1.54) is 18.6 Å². The molecule has 2 aromatic carbocycles. The molecule has 0 spiro atoms. The summed E-state index contributed by atoms with van der Waals surface area (Å²) >= 11 is 0. The molecule has 3 aliphatic rings. The SMILES string of the molecule is CCCCN1C(=O)[C@@H]([C@H](O)C2CCCCC2)NC(=O)C1C1CCN(Cc2ccc(Oc3ccc(C(=O)O)cc3)cc2)CC1.Cl. The zero-order valence-corrected chi connectivity index (χ0v) is 26.3. The number of hydrogen-bond donors (Lipinski definition) is 3. The van der Waals surface area contributed by atoms with Gasteiger partial charge in [-0.2, -0.15) is 0 Å². The van der Waals surface area contributed by atoms with E-state index in [4.69, 9.17) is 9.84 Å². The molecule has 1 aliphatic carbocycles. The molecule has 2 heterocycles. The van der Waals surface area contributed by atoms with Gasteiger partial charge in [0.15, 0.2) is 0 Å². The predicted octanol–water partition coefficient (Wildman–Crippen LogP) is 5.25. The van der Waals surface area contributed by atoms with Crippen LogP contribution in [0.2, 0.25) is 0 Å². The highest BCUT2D eigenvalue weighted by molar-refractivity contribution is 5.97. The molecule has 10 heteroatoms. The molecule has 1 saturated carbocycles. The van der Waals surface area contributed by atoms with Crippen LogP contribution in [0.1, 0.15) is 80.6 Å². The number of rotatable bonds is 11. The van der Waals surface area contributed by atoms with E-state index in [1.807, 2.05) is 24.3 Å². The summed E-state index contributed by atoms with van der Waals surface area (Å²) in [6, 6.07) is 12.9. The van der Waals surface area contributed by atoms with Gasteiger partial charge in [-0.1, -0.05) is 44.7 Å². The number of aliphatic hydroxyl groups is 1. The van der Waals surface area contributed by atoms with E-state index in [2.05, 4.69) is 17.1 Å². The van der Waals surface area contributed by atoms with Crippen molar-refractivity contribution < 1.29 is 29.3 Å². The molecule has 44 heavy (non-hydrogen) atoms. The van der Waals surface area contributed by atoms with Crippen molar-refractivity contribution in [3.05, 3.63) is 59.7 Å². The number of carboxylic acid groups (broad SMARTS) is 1.